The summed E-state index contributed by atoms with van der Waals surface area (Å²) in [6.07, 6.45) is -5.12. The second kappa shape index (κ2) is 3.20. The van der Waals surface area contributed by atoms with Crippen molar-refractivity contribution in [1.29, 1.82) is 0 Å². The molecule has 0 spiro atoms. The van der Waals surface area contributed by atoms with Crippen LogP contribution in [0.15, 0.2) is 0 Å². The Morgan fingerprint density at radius 2 is 1.85 bits per heavy atom. The lowest BCUT2D eigenvalue weighted by atomic mass is 9.84. The van der Waals surface area contributed by atoms with Crippen LogP contribution in [0.1, 0.15) is 0 Å². The van der Waals surface area contributed by atoms with Gasteiger partial charge in [0.2, 0.25) is 0 Å². The highest BCUT2D eigenvalue weighted by Gasteiger charge is 2.51. The van der Waals surface area contributed by atoms with E-state index >= 15 is 0 Å². The zero-order valence-corrected chi connectivity index (χ0v) is 6.78. The number of aliphatic hydroxyl groups excluding tert-OH is 3. The Morgan fingerprint density at radius 1 is 1.15 bits per heavy atom. The van der Waals surface area contributed by atoms with Gasteiger partial charge in [-0.1, -0.05) is 0 Å². The Balaban J connectivity index is 2.11. The zero-order valence-electron chi connectivity index (χ0n) is 6.78. The fourth-order valence-corrected chi connectivity index (χ4v) is 1.71. The maximum absolute atomic E-state index is 9.41. The largest absolute Gasteiger partial charge is 0.457 e. The quantitative estimate of drug-likeness (QED) is 0.310. The Morgan fingerprint density at radius 3 is 2.54 bits per heavy atom. The average Bonchev–Trinajstić information content (AvgIpc) is 2.42. The SMILES string of the molecule is OB1C[C@H]2OC(O)[C@H](O)[C@@H](O)[C@H]2O1. The lowest BCUT2D eigenvalue weighted by Crippen LogP contribution is -2.55. The van der Waals surface area contributed by atoms with Crippen molar-refractivity contribution in [2.24, 2.45) is 0 Å². The Hall–Kier alpha value is -0.175. The second-order valence-electron chi connectivity index (χ2n) is 3.34. The van der Waals surface area contributed by atoms with Gasteiger partial charge in [-0.15, -0.1) is 0 Å². The molecule has 6 nitrogen and oxygen atoms in total. The first-order chi connectivity index (χ1) is 6.09. The van der Waals surface area contributed by atoms with Gasteiger partial charge < -0.3 is 29.7 Å². The van der Waals surface area contributed by atoms with E-state index in [0.717, 1.165) is 0 Å². The lowest BCUT2D eigenvalue weighted by Gasteiger charge is -2.36. The maximum atomic E-state index is 9.41. The van der Waals surface area contributed by atoms with Crippen molar-refractivity contribution in [2.45, 2.75) is 37.0 Å². The number of ether oxygens (including phenoxy) is 1. The molecule has 74 valence electrons. The van der Waals surface area contributed by atoms with Crippen LogP contribution in [0.2, 0.25) is 6.32 Å². The molecule has 1 unspecified atom stereocenters. The molecule has 7 heteroatoms. The molecule has 0 bridgehead atoms. The fourth-order valence-electron chi connectivity index (χ4n) is 1.71. The minimum Gasteiger partial charge on any atom is -0.427 e. The van der Waals surface area contributed by atoms with Gasteiger partial charge in [0.25, 0.3) is 0 Å². The van der Waals surface area contributed by atoms with Crippen LogP contribution in [0.25, 0.3) is 0 Å². The summed E-state index contributed by atoms with van der Waals surface area (Å²) >= 11 is 0. The van der Waals surface area contributed by atoms with Crippen LogP contribution >= 0.6 is 0 Å². The number of hydrogen-bond donors (Lipinski definition) is 4. The minimum absolute atomic E-state index is 0.200. The zero-order chi connectivity index (χ0) is 9.59. The van der Waals surface area contributed by atoms with Crippen LogP contribution in [0.5, 0.6) is 0 Å². The molecular formula is C6H11BO6. The summed E-state index contributed by atoms with van der Waals surface area (Å²) in [6, 6.07) is 0. The molecule has 0 aromatic heterocycles. The Bertz CT molecular complexity index is 200. The summed E-state index contributed by atoms with van der Waals surface area (Å²) in [7, 11) is -0.998. The maximum Gasteiger partial charge on any atom is 0.457 e. The molecule has 2 aliphatic rings. The van der Waals surface area contributed by atoms with Gasteiger partial charge in [-0.3, -0.25) is 0 Å². The molecule has 2 rings (SSSR count). The van der Waals surface area contributed by atoms with Gasteiger partial charge in [-0.05, 0) is 0 Å². The van der Waals surface area contributed by atoms with E-state index in [0.29, 0.717) is 0 Å². The van der Waals surface area contributed by atoms with Crippen molar-refractivity contribution in [3.05, 3.63) is 0 Å². The van der Waals surface area contributed by atoms with E-state index in [1.807, 2.05) is 0 Å². The molecule has 13 heavy (non-hydrogen) atoms. The van der Waals surface area contributed by atoms with E-state index < -0.39 is 37.8 Å². The highest BCUT2D eigenvalue weighted by Crippen LogP contribution is 2.30. The summed E-state index contributed by atoms with van der Waals surface area (Å²) in [5.74, 6) is 0. The standard InChI is InChI=1S/C6H11BO6/c8-3-4(9)6(10)12-2-1-7(11)13-5(2)3/h2-6,8-11H,1H2/t2-,3-,4-,5+,6?/m1/s1. The fraction of sp³-hybridized carbons (Fsp3) is 1.00. The smallest absolute Gasteiger partial charge is 0.427 e. The lowest BCUT2D eigenvalue weighted by molar-refractivity contribution is -0.266. The monoisotopic (exact) mass is 190 g/mol. The summed E-state index contributed by atoms with van der Waals surface area (Å²) in [4.78, 5) is 0. The first-order valence-corrected chi connectivity index (χ1v) is 4.13. The Kier molecular flexibility index (Phi) is 2.31. The van der Waals surface area contributed by atoms with Crippen molar-refractivity contribution >= 4 is 7.12 Å². The van der Waals surface area contributed by atoms with Crippen molar-refractivity contribution in [1.82, 2.24) is 0 Å². The third kappa shape index (κ3) is 1.47. The van der Waals surface area contributed by atoms with Gasteiger partial charge >= 0.3 is 7.12 Å². The van der Waals surface area contributed by atoms with Gasteiger partial charge in [0.05, 0.1) is 12.2 Å². The summed E-state index contributed by atoms with van der Waals surface area (Å²) < 4.78 is 9.83. The third-order valence-corrected chi connectivity index (χ3v) is 2.41. The molecule has 2 heterocycles. The van der Waals surface area contributed by atoms with Gasteiger partial charge in [0.1, 0.15) is 12.2 Å². The summed E-state index contributed by atoms with van der Waals surface area (Å²) in [5.41, 5.74) is 0. The first kappa shape index (κ1) is 9.38. The number of hydrogen-bond acceptors (Lipinski definition) is 6. The molecule has 2 saturated heterocycles. The number of rotatable bonds is 0. The number of aliphatic hydroxyl groups is 3. The van der Waals surface area contributed by atoms with E-state index in [2.05, 4.69) is 0 Å². The van der Waals surface area contributed by atoms with Crippen LogP contribution in [0, 0.1) is 0 Å². The van der Waals surface area contributed by atoms with Crippen LogP contribution in [0.4, 0.5) is 0 Å². The normalized spacial score (nSPS) is 50.8. The molecule has 2 fully saturated rings. The summed E-state index contributed by atoms with van der Waals surface area (Å²) in [5, 5.41) is 36.8. The molecule has 0 amide bonds. The molecule has 0 aliphatic carbocycles. The van der Waals surface area contributed by atoms with Crippen molar-refractivity contribution in [3.8, 4) is 0 Å². The summed E-state index contributed by atoms with van der Waals surface area (Å²) in [6.45, 7) is 0. The van der Waals surface area contributed by atoms with Crippen LogP contribution in [-0.2, 0) is 9.39 Å². The third-order valence-electron chi connectivity index (χ3n) is 2.41. The first-order valence-electron chi connectivity index (χ1n) is 4.13. The van der Waals surface area contributed by atoms with Crippen LogP contribution in [-0.4, -0.2) is 58.2 Å². The number of fused-ring (bicyclic) bond motifs is 1. The van der Waals surface area contributed by atoms with Gasteiger partial charge in [-0.25, -0.2) is 0 Å². The molecule has 0 radical (unpaired) electrons. The van der Waals surface area contributed by atoms with Gasteiger partial charge in [-0.2, -0.15) is 0 Å². The molecule has 2 aliphatic heterocycles. The Labute approximate surface area is 74.8 Å². The highest BCUT2D eigenvalue weighted by atomic mass is 16.7. The second-order valence-corrected chi connectivity index (χ2v) is 3.34. The van der Waals surface area contributed by atoms with E-state index in [1.54, 1.807) is 0 Å². The molecule has 0 aromatic carbocycles. The van der Waals surface area contributed by atoms with E-state index in [4.69, 9.17) is 19.5 Å². The molecule has 0 aromatic rings. The predicted molar refractivity (Wildman–Crippen MR) is 40.5 cm³/mol. The molecule has 0 saturated carbocycles. The molecular weight excluding hydrogens is 179 g/mol. The van der Waals surface area contributed by atoms with Crippen molar-refractivity contribution in [3.63, 3.8) is 0 Å². The van der Waals surface area contributed by atoms with E-state index in [-0.39, 0.29) is 6.32 Å². The average molecular weight is 190 g/mol. The topological polar surface area (TPSA) is 99.4 Å². The predicted octanol–water partition coefficient (Wildman–Crippen LogP) is -2.70. The van der Waals surface area contributed by atoms with Crippen molar-refractivity contribution in [2.75, 3.05) is 0 Å². The van der Waals surface area contributed by atoms with E-state index in [9.17, 15) is 10.2 Å². The minimum atomic E-state index is -1.41. The van der Waals surface area contributed by atoms with Gasteiger partial charge in [0.15, 0.2) is 6.29 Å². The molecule has 5 atom stereocenters. The van der Waals surface area contributed by atoms with Gasteiger partial charge in [0, 0.05) is 6.32 Å². The van der Waals surface area contributed by atoms with Crippen LogP contribution in [0.3, 0.4) is 0 Å². The van der Waals surface area contributed by atoms with Crippen LogP contribution < -0.4 is 0 Å². The van der Waals surface area contributed by atoms with Crippen molar-refractivity contribution < 1.29 is 29.7 Å². The van der Waals surface area contributed by atoms with E-state index in [1.165, 1.54) is 0 Å². The molecule has 4 N–H and O–H groups in total. The highest BCUT2D eigenvalue weighted by molar-refractivity contribution is 6.43.